The van der Waals surface area contributed by atoms with Crippen LogP contribution in [0.2, 0.25) is 10.2 Å². The molecule has 0 fully saturated rings. The number of hydrogen-bond acceptors (Lipinski definition) is 2. The third-order valence-electron chi connectivity index (χ3n) is 15.0. The predicted molar refractivity (Wildman–Crippen MR) is 350 cm³/mol. The molecule has 0 unspecified atom stereocenters. The molecule has 0 spiro atoms. The van der Waals surface area contributed by atoms with E-state index in [4.69, 9.17) is 190 Å². The van der Waals surface area contributed by atoms with Gasteiger partial charge in [-0.15, -0.1) is 37.5 Å². The number of aromatic nitrogens is 2. The smallest absolute Gasteiger partial charge is 0.160 e. The molecule has 46 radical (unpaired) electrons. The van der Waals surface area contributed by atoms with Crippen molar-refractivity contribution in [1.82, 2.24) is 9.97 Å². The minimum atomic E-state index is -2.68. The zero-order valence-corrected chi connectivity index (χ0v) is 41.8. The summed E-state index contributed by atoms with van der Waals surface area (Å²) in [6.45, 7) is 0. The van der Waals surface area contributed by atoms with Crippen LogP contribution < -0.4 is 92.9 Å². The highest BCUT2D eigenvalue weighted by molar-refractivity contribution is 6.74. The Kier molecular flexibility index (Phi) is 14.1. The van der Waals surface area contributed by atoms with E-state index in [1.807, 2.05) is 84.9 Å². The lowest BCUT2D eigenvalue weighted by Crippen LogP contribution is -2.58. The highest BCUT2D eigenvalue weighted by Crippen LogP contribution is 2.63. The Balaban J connectivity index is 1.34. The molecule has 306 valence electrons. The van der Waals surface area contributed by atoms with E-state index in [-0.39, 0.29) is 159 Å². The molecule has 0 amide bonds. The molecule has 1 aliphatic carbocycles. The number of benzene rings is 8. The summed E-state index contributed by atoms with van der Waals surface area (Å²) in [5, 5.41) is -5.19. The van der Waals surface area contributed by atoms with Gasteiger partial charge in [0.05, 0.1) is 58.5 Å². The summed E-state index contributed by atoms with van der Waals surface area (Å²) < 4.78 is 0. The molecule has 1 aromatic heterocycles. The van der Waals surface area contributed by atoms with Gasteiger partial charge in [-0.2, -0.15) is 0 Å². The summed E-state index contributed by atoms with van der Waals surface area (Å²) in [4.78, 5) is 10.1. The van der Waals surface area contributed by atoms with E-state index in [0.29, 0.717) is 17.1 Å². The number of hydrogen-bond donors (Lipinski definition) is 0. The maximum absolute atomic E-state index is 7.50. The largest absolute Gasteiger partial charge is 0.228 e. The van der Waals surface area contributed by atoms with Crippen LogP contribution in [0.4, 0.5) is 0 Å². The van der Waals surface area contributed by atoms with Crippen LogP contribution in [0, 0.1) is 0 Å². The summed E-state index contributed by atoms with van der Waals surface area (Å²) in [5.41, 5.74) is -2.63. The fourth-order valence-corrected chi connectivity index (χ4v) is 11.3. The first-order valence-electron chi connectivity index (χ1n) is 23.8. The van der Waals surface area contributed by atoms with Crippen molar-refractivity contribution in [2.75, 3.05) is 0 Å². The molecule has 0 saturated heterocycles. The van der Waals surface area contributed by atoms with Gasteiger partial charge in [-0.25, -0.2) is 9.97 Å². The van der Waals surface area contributed by atoms with Gasteiger partial charge in [0.25, 0.3) is 0 Å². The second-order valence-electron chi connectivity index (χ2n) is 19.5. The van der Waals surface area contributed by atoms with Crippen molar-refractivity contribution in [2.45, 2.75) is 15.6 Å². The van der Waals surface area contributed by atoms with Crippen molar-refractivity contribution in [3.63, 3.8) is 0 Å². The Bertz CT molecular complexity index is 4040. The van der Waals surface area contributed by atoms with Crippen LogP contribution in [0.15, 0.2) is 91.0 Å². The van der Waals surface area contributed by atoms with Crippen molar-refractivity contribution in [3.8, 4) is 78.4 Å². The molecule has 1 heterocycles. The van der Waals surface area contributed by atoms with E-state index in [1.165, 1.54) is 0 Å². The van der Waals surface area contributed by atoms with Crippen molar-refractivity contribution < 1.29 is 0 Å². The van der Waals surface area contributed by atoms with Gasteiger partial charge in [0.1, 0.15) is 133 Å². The Labute approximate surface area is 487 Å². The number of nitrogens with zero attached hydrogens (tertiary/aromatic N) is 2. The minimum Gasteiger partial charge on any atom is -0.228 e. The first kappa shape index (κ1) is 55.9. The summed E-state index contributed by atoms with van der Waals surface area (Å²) in [6.07, 6.45) is 0. The van der Waals surface area contributed by atoms with E-state index in [0.717, 1.165) is 16.7 Å². The average Bonchev–Trinajstić information content (AvgIpc) is 3.53. The van der Waals surface area contributed by atoms with Gasteiger partial charge < -0.3 is 0 Å². The SMILES string of the molecule is [B]c1c([B])c([B])c(-c2c([B])c([B])c3c(c2[B])C(C([B])([B])[B])(C([B])([B])[B])c2c([B])c(-c4c([B])c([B])c(-c5cc(-c6cccc(-c7ccccc7)c6)nc(-c6ccccc6)n5)c5c([B])c([B])c([B])c([B])c45)c([B])c([B])c2-3)c([B])c1[B]. The maximum atomic E-state index is 7.50. The van der Waals surface area contributed by atoms with Crippen LogP contribution in [0.5, 0.6) is 0 Å². The fraction of sp³-hybridized carbons (Fsp3) is 0.0566. The molecular weight excluding hydrogens is 913 g/mol. The molecular formula is C53H15B23N2. The van der Waals surface area contributed by atoms with Crippen molar-refractivity contribution in [3.05, 3.63) is 102 Å². The van der Waals surface area contributed by atoms with Crippen molar-refractivity contribution >= 4 is 284 Å². The van der Waals surface area contributed by atoms with Gasteiger partial charge in [0.2, 0.25) is 0 Å². The first-order chi connectivity index (χ1) is 36.6. The Morgan fingerprint density at radius 1 is 0.269 bits per heavy atom. The van der Waals surface area contributed by atoms with E-state index < -0.39 is 15.6 Å². The third kappa shape index (κ3) is 8.01. The molecule has 1 aliphatic rings. The maximum Gasteiger partial charge on any atom is 0.160 e. The van der Waals surface area contributed by atoms with E-state index in [2.05, 4.69) is 0 Å². The molecule has 0 aliphatic heterocycles. The standard InChI is InChI=1S/C53H15B23N2/c54-33-28(41(62)39(60)26-27-32(51(31(26)33,52(71,72)73)53(74,75)76)34(55)29(42(63)40(27)61)30-43(64)47(68)49(70)48(69)44(30)65)25-24-23(37(58)45(66)46(67)38(24)59)22(35(56)36(25)57)21-15-20(77-50(78-21)17-10-5-2-6-11-17)19-13-7-12-18(14-19)16-8-3-1-4-9-16/h1-15H. The quantitative estimate of drug-likeness (QED) is 0.142. The Morgan fingerprint density at radius 2 is 0.603 bits per heavy atom. The lowest BCUT2D eigenvalue weighted by molar-refractivity contribution is 0.540. The summed E-state index contributed by atoms with van der Waals surface area (Å²) in [6, 6.07) is 28.7. The fourth-order valence-electron chi connectivity index (χ4n) is 11.3. The normalized spacial score (nSPS) is 12.9. The molecule has 2 nitrogen and oxygen atoms in total. The monoisotopic (exact) mass is 932 g/mol. The lowest BCUT2D eigenvalue weighted by Gasteiger charge is -2.57. The topological polar surface area (TPSA) is 25.8 Å². The Hall–Kier alpha value is -5.41. The molecule has 10 rings (SSSR count). The molecule has 0 atom stereocenters. The molecule has 8 aromatic carbocycles. The zero-order chi connectivity index (χ0) is 56.7. The van der Waals surface area contributed by atoms with Crippen LogP contribution in [0.1, 0.15) is 11.1 Å². The van der Waals surface area contributed by atoms with Gasteiger partial charge in [-0.05, 0) is 89.5 Å². The van der Waals surface area contributed by atoms with Crippen LogP contribution in [0.25, 0.3) is 89.2 Å². The van der Waals surface area contributed by atoms with Crippen LogP contribution >= 0.6 is 0 Å². The molecule has 0 N–H and O–H groups in total. The summed E-state index contributed by atoms with van der Waals surface area (Å²) in [7, 11) is 159. The summed E-state index contributed by atoms with van der Waals surface area (Å²) >= 11 is 0. The van der Waals surface area contributed by atoms with Gasteiger partial charge in [0, 0.05) is 11.1 Å². The van der Waals surface area contributed by atoms with E-state index >= 15 is 0 Å². The second kappa shape index (κ2) is 19.7. The van der Waals surface area contributed by atoms with E-state index in [9.17, 15) is 0 Å². The third-order valence-corrected chi connectivity index (χ3v) is 15.0. The highest BCUT2D eigenvalue weighted by atomic mass is 14.9. The van der Waals surface area contributed by atoms with Gasteiger partial charge in [-0.1, -0.05) is 144 Å². The average molecular weight is 928 g/mol. The molecule has 78 heavy (non-hydrogen) atoms. The Morgan fingerprint density at radius 3 is 1.09 bits per heavy atom. The predicted octanol–water partition coefficient (Wildman–Crippen LogP) is -9.45. The first-order valence-corrected chi connectivity index (χ1v) is 23.8. The lowest BCUT2D eigenvalue weighted by atomic mass is 9.17. The van der Waals surface area contributed by atoms with Gasteiger partial charge in [0.15, 0.2) is 5.82 Å². The van der Waals surface area contributed by atoms with Gasteiger partial charge >= 0.3 is 0 Å². The van der Waals surface area contributed by atoms with Crippen LogP contribution in [0.3, 0.4) is 0 Å². The van der Waals surface area contributed by atoms with Gasteiger partial charge in [-0.3, -0.25) is 0 Å². The molecule has 0 bridgehead atoms. The molecule has 0 saturated carbocycles. The van der Waals surface area contributed by atoms with Crippen LogP contribution in [-0.4, -0.2) is 190 Å². The van der Waals surface area contributed by atoms with Crippen LogP contribution in [-0.2, 0) is 5.41 Å². The zero-order valence-electron chi connectivity index (χ0n) is 41.8. The summed E-state index contributed by atoms with van der Waals surface area (Å²) in [5.74, 6) is 0.313. The molecule has 25 heteroatoms. The highest BCUT2D eigenvalue weighted by Gasteiger charge is 2.57. The second-order valence-corrected chi connectivity index (χ2v) is 19.5. The molecule has 9 aromatic rings. The minimum absolute atomic E-state index is 0.0429. The van der Waals surface area contributed by atoms with Crippen molar-refractivity contribution in [1.29, 1.82) is 0 Å². The van der Waals surface area contributed by atoms with Crippen molar-refractivity contribution in [2.24, 2.45) is 0 Å². The van der Waals surface area contributed by atoms with E-state index in [1.54, 1.807) is 6.07 Å². The number of fused-ring (bicyclic) bond motifs is 4. The number of rotatable bonds is 8.